The standard InChI is InChI=1S/C13H21ClN2O3Si/c1-20(2,3)7-6-19-9-16-8-10(14)11(15-16)13(4-5-13)12(17)18/h8H,4-7,9H2,1-3H3,(H,17,18). The molecule has 1 aliphatic carbocycles. The maximum absolute atomic E-state index is 11.3. The Morgan fingerprint density at radius 3 is 2.70 bits per heavy atom. The monoisotopic (exact) mass is 316 g/mol. The third-order valence-corrected chi connectivity index (χ3v) is 5.53. The van der Waals surface area contributed by atoms with Gasteiger partial charge < -0.3 is 9.84 Å². The van der Waals surface area contributed by atoms with E-state index in [9.17, 15) is 9.90 Å². The number of nitrogens with zero attached hydrogens (tertiary/aromatic N) is 2. The summed E-state index contributed by atoms with van der Waals surface area (Å²) < 4.78 is 7.17. The van der Waals surface area contributed by atoms with Crippen LogP contribution in [0.4, 0.5) is 0 Å². The highest BCUT2D eigenvalue weighted by Crippen LogP contribution is 2.49. The van der Waals surface area contributed by atoms with Crippen LogP contribution < -0.4 is 0 Å². The first kappa shape index (κ1) is 15.5. The van der Waals surface area contributed by atoms with Gasteiger partial charge in [-0.2, -0.15) is 5.10 Å². The van der Waals surface area contributed by atoms with Gasteiger partial charge in [0.2, 0.25) is 0 Å². The molecule has 0 bridgehead atoms. The van der Waals surface area contributed by atoms with Gasteiger partial charge in [0.1, 0.15) is 12.1 Å². The van der Waals surface area contributed by atoms with E-state index in [0.717, 1.165) is 6.04 Å². The van der Waals surface area contributed by atoms with Crippen LogP contribution in [0.5, 0.6) is 0 Å². The van der Waals surface area contributed by atoms with E-state index in [0.29, 0.717) is 36.9 Å². The highest BCUT2D eigenvalue weighted by atomic mass is 35.5. The molecule has 5 nitrogen and oxygen atoms in total. The quantitative estimate of drug-likeness (QED) is 0.620. The van der Waals surface area contributed by atoms with Crippen molar-refractivity contribution >= 4 is 25.6 Å². The normalized spacial score (nSPS) is 17.2. The smallest absolute Gasteiger partial charge is 0.315 e. The first-order valence-corrected chi connectivity index (χ1v) is 10.9. The number of carboxylic acid groups (broad SMARTS) is 1. The zero-order valence-corrected chi connectivity index (χ0v) is 13.9. The van der Waals surface area contributed by atoms with Gasteiger partial charge >= 0.3 is 5.97 Å². The maximum atomic E-state index is 11.3. The highest BCUT2D eigenvalue weighted by Gasteiger charge is 2.55. The number of hydrogen-bond acceptors (Lipinski definition) is 3. The number of aromatic nitrogens is 2. The molecule has 1 saturated carbocycles. The Bertz CT molecular complexity index is 506. The predicted molar refractivity (Wildman–Crippen MR) is 79.9 cm³/mol. The molecule has 0 unspecified atom stereocenters. The molecule has 1 heterocycles. The summed E-state index contributed by atoms with van der Waals surface area (Å²) in [5.41, 5.74) is -0.388. The van der Waals surface area contributed by atoms with E-state index < -0.39 is 19.5 Å². The lowest BCUT2D eigenvalue weighted by atomic mass is 10.0. The molecule has 1 aromatic rings. The molecule has 0 spiro atoms. The predicted octanol–water partition coefficient (Wildman–Crippen LogP) is 2.97. The van der Waals surface area contributed by atoms with Crippen molar-refractivity contribution in [1.82, 2.24) is 9.78 Å². The van der Waals surface area contributed by atoms with Gasteiger partial charge in [-0.1, -0.05) is 31.2 Å². The lowest BCUT2D eigenvalue weighted by Crippen LogP contribution is -2.22. The molecule has 0 amide bonds. The summed E-state index contributed by atoms with van der Waals surface area (Å²) in [5, 5.41) is 14.0. The van der Waals surface area contributed by atoms with Crippen molar-refractivity contribution < 1.29 is 14.6 Å². The molecule has 20 heavy (non-hydrogen) atoms. The molecule has 112 valence electrons. The van der Waals surface area contributed by atoms with Gasteiger partial charge in [-0.3, -0.25) is 4.79 Å². The minimum absolute atomic E-state index is 0.319. The van der Waals surface area contributed by atoms with Crippen LogP contribution in [0, 0.1) is 0 Å². The molecule has 0 saturated heterocycles. The molecule has 0 atom stereocenters. The lowest BCUT2D eigenvalue weighted by Gasteiger charge is -2.15. The Morgan fingerprint density at radius 2 is 2.20 bits per heavy atom. The van der Waals surface area contributed by atoms with Gasteiger partial charge in [0.25, 0.3) is 0 Å². The zero-order valence-electron chi connectivity index (χ0n) is 12.1. The van der Waals surface area contributed by atoms with E-state index in [-0.39, 0.29) is 0 Å². The van der Waals surface area contributed by atoms with Crippen molar-refractivity contribution in [2.24, 2.45) is 0 Å². The van der Waals surface area contributed by atoms with Crippen LogP contribution in [0.25, 0.3) is 0 Å². The van der Waals surface area contributed by atoms with Crippen LogP contribution >= 0.6 is 11.6 Å². The van der Waals surface area contributed by atoms with Crippen LogP contribution in [0.2, 0.25) is 30.7 Å². The number of ether oxygens (including phenoxy) is 1. The summed E-state index contributed by atoms with van der Waals surface area (Å²) in [6, 6.07) is 1.09. The SMILES string of the molecule is C[Si](C)(C)CCOCn1cc(Cl)c(C2(C(=O)O)CC2)n1. The third-order valence-electron chi connectivity index (χ3n) is 3.55. The van der Waals surface area contributed by atoms with Crippen molar-refractivity contribution in [3.8, 4) is 0 Å². The molecule has 1 N–H and O–H groups in total. The first-order chi connectivity index (χ1) is 9.24. The minimum Gasteiger partial charge on any atom is -0.481 e. The fourth-order valence-electron chi connectivity index (χ4n) is 2.00. The Kier molecular flexibility index (Phi) is 4.27. The largest absolute Gasteiger partial charge is 0.481 e. The van der Waals surface area contributed by atoms with Gasteiger partial charge in [0.15, 0.2) is 0 Å². The van der Waals surface area contributed by atoms with Crippen molar-refractivity contribution in [2.45, 2.75) is 50.7 Å². The molecule has 0 aromatic carbocycles. The van der Waals surface area contributed by atoms with Gasteiger partial charge in [-0.15, -0.1) is 0 Å². The number of aliphatic carboxylic acids is 1. The number of carboxylic acids is 1. The number of hydrogen-bond donors (Lipinski definition) is 1. The Balaban J connectivity index is 1.94. The van der Waals surface area contributed by atoms with Gasteiger partial charge in [-0.05, 0) is 18.9 Å². The van der Waals surface area contributed by atoms with E-state index in [1.165, 1.54) is 0 Å². The molecule has 0 aliphatic heterocycles. The number of halogens is 1. The van der Waals surface area contributed by atoms with E-state index in [4.69, 9.17) is 16.3 Å². The zero-order chi connectivity index (χ0) is 15.0. The number of rotatable bonds is 7. The highest BCUT2D eigenvalue weighted by molar-refractivity contribution is 6.76. The van der Waals surface area contributed by atoms with Crippen LogP contribution in [-0.4, -0.2) is 35.5 Å². The summed E-state index contributed by atoms with van der Waals surface area (Å²) in [5.74, 6) is -0.843. The molecule has 7 heteroatoms. The molecule has 2 rings (SSSR count). The third kappa shape index (κ3) is 3.42. The molecule has 1 aromatic heterocycles. The average Bonchev–Trinajstić information content (AvgIpc) is 3.04. The summed E-state index contributed by atoms with van der Waals surface area (Å²) in [7, 11) is -1.09. The summed E-state index contributed by atoms with van der Waals surface area (Å²) >= 11 is 6.10. The molecule has 0 radical (unpaired) electrons. The van der Waals surface area contributed by atoms with E-state index in [1.807, 2.05) is 0 Å². The van der Waals surface area contributed by atoms with Gasteiger partial charge in [-0.25, -0.2) is 4.68 Å². The molecule has 1 aliphatic rings. The second-order valence-corrected chi connectivity index (χ2v) is 12.6. The van der Waals surface area contributed by atoms with Crippen molar-refractivity contribution in [2.75, 3.05) is 6.61 Å². The first-order valence-electron chi connectivity index (χ1n) is 6.79. The Labute approximate surface area is 124 Å². The molecular weight excluding hydrogens is 296 g/mol. The lowest BCUT2D eigenvalue weighted by molar-refractivity contribution is -0.140. The van der Waals surface area contributed by atoms with Crippen molar-refractivity contribution in [1.29, 1.82) is 0 Å². The molecular formula is C13H21ClN2O3Si. The van der Waals surface area contributed by atoms with Crippen LogP contribution in [0.1, 0.15) is 18.5 Å². The summed E-state index contributed by atoms with van der Waals surface area (Å²) in [6.07, 6.45) is 2.86. The maximum Gasteiger partial charge on any atom is 0.315 e. The Morgan fingerprint density at radius 1 is 1.55 bits per heavy atom. The van der Waals surface area contributed by atoms with Crippen molar-refractivity contribution in [3.63, 3.8) is 0 Å². The topological polar surface area (TPSA) is 64.3 Å². The van der Waals surface area contributed by atoms with Crippen molar-refractivity contribution in [3.05, 3.63) is 16.9 Å². The number of carbonyl (C=O) groups is 1. The Hall–Kier alpha value is -0.853. The molecule has 1 fully saturated rings. The summed E-state index contributed by atoms with van der Waals surface area (Å²) in [6.45, 7) is 7.90. The fraction of sp³-hybridized carbons (Fsp3) is 0.692. The summed E-state index contributed by atoms with van der Waals surface area (Å²) in [4.78, 5) is 11.3. The van der Waals surface area contributed by atoms with E-state index >= 15 is 0 Å². The average molecular weight is 317 g/mol. The second-order valence-electron chi connectivity index (χ2n) is 6.60. The van der Waals surface area contributed by atoms with Crippen LogP contribution in [0.3, 0.4) is 0 Å². The minimum atomic E-state index is -1.09. The van der Waals surface area contributed by atoms with Gasteiger partial charge in [0.05, 0.1) is 10.7 Å². The van der Waals surface area contributed by atoms with E-state index in [2.05, 4.69) is 24.7 Å². The van der Waals surface area contributed by atoms with Gasteiger partial charge in [0, 0.05) is 20.9 Å². The second kappa shape index (κ2) is 5.50. The fourth-order valence-corrected chi connectivity index (χ4v) is 3.09. The van der Waals surface area contributed by atoms with E-state index in [1.54, 1.807) is 10.9 Å². The van der Waals surface area contributed by atoms with Crippen LogP contribution in [0.15, 0.2) is 6.20 Å². The van der Waals surface area contributed by atoms with Crippen LogP contribution in [-0.2, 0) is 21.7 Å².